The molecule has 0 saturated heterocycles. The fraction of sp³-hybridized carbons (Fsp3) is 0.200. The van der Waals surface area contributed by atoms with Crippen molar-refractivity contribution in [2.45, 2.75) is 6.92 Å². The number of fused-ring (bicyclic) bond motifs is 1. The van der Waals surface area contributed by atoms with Gasteiger partial charge in [-0.25, -0.2) is 4.98 Å². The second kappa shape index (κ2) is 3.26. The third kappa shape index (κ3) is 1.47. The Hall–Kier alpha value is -1.22. The number of aromatic nitrogens is 1. The van der Waals surface area contributed by atoms with E-state index >= 15 is 0 Å². The van der Waals surface area contributed by atoms with Gasteiger partial charge in [-0.15, -0.1) is 11.3 Å². The summed E-state index contributed by atoms with van der Waals surface area (Å²) in [5.41, 5.74) is 1.03. The van der Waals surface area contributed by atoms with Crippen molar-refractivity contribution in [3.05, 3.63) is 33.9 Å². The molecule has 0 radical (unpaired) electrons. The number of nitrogens with zero attached hydrogens (tertiary/aromatic N) is 2. The molecule has 0 bridgehead atoms. The van der Waals surface area contributed by atoms with Gasteiger partial charge >= 0.3 is 0 Å². The molecule has 0 unspecified atom stereocenters. The number of rotatable bonds is 0. The quantitative estimate of drug-likeness (QED) is 0.624. The highest BCUT2D eigenvalue weighted by molar-refractivity contribution is 7.09. The Kier molecular flexibility index (Phi) is 2.10. The van der Waals surface area contributed by atoms with Crippen molar-refractivity contribution in [1.82, 2.24) is 4.98 Å². The van der Waals surface area contributed by atoms with E-state index in [9.17, 15) is 0 Å². The van der Waals surface area contributed by atoms with Gasteiger partial charge in [0.15, 0.2) is 0 Å². The Balaban J connectivity index is 2.99. The molecule has 0 fully saturated rings. The first-order valence-electron chi connectivity index (χ1n) is 4.10. The Labute approximate surface area is 80.6 Å². The van der Waals surface area contributed by atoms with Gasteiger partial charge in [0, 0.05) is 12.4 Å². The average Bonchev–Trinajstić information content (AvgIpc) is 2.16. The summed E-state index contributed by atoms with van der Waals surface area (Å²) in [5.74, 6) is 0. The van der Waals surface area contributed by atoms with Crippen LogP contribution in [0, 0.1) is 6.92 Å². The standard InChI is InChI=1S/C10H10N2S/c1-7-12-9-6-4-3-5-8(9)10(11-2)13-7/h3-6H,1-2H3. The van der Waals surface area contributed by atoms with Gasteiger partial charge in [-0.1, -0.05) is 12.1 Å². The highest BCUT2D eigenvalue weighted by atomic mass is 32.1. The number of benzene rings is 1. The Morgan fingerprint density at radius 2 is 2.08 bits per heavy atom. The smallest absolute Gasteiger partial charge is 0.121 e. The molecule has 1 heterocycles. The zero-order chi connectivity index (χ0) is 9.26. The molecule has 0 saturated carbocycles. The van der Waals surface area contributed by atoms with E-state index in [1.54, 1.807) is 11.3 Å². The van der Waals surface area contributed by atoms with E-state index < -0.39 is 0 Å². The first-order valence-corrected chi connectivity index (χ1v) is 4.92. The predicted molar refractivity (Wildman–Crippen MR) is 55.8 cm³/mol. The Bertz CT molecular complexity index is 499. The molecule has 13 heavy (non-hydrogen) atoms. The van der Waals surface area contributed by atoms with Gasteiger partial charge in [0.2, 0.25) is 0 Å². The van der Waals surface area contributed by atoms with E-state index in [1.165, 1.54) is 0 Å². The number of para-hydroxylation sites is 1. The highest BCUT2D eigenvalue weighted by Crippen LogP contribution is 2.09. The molecular formula is C10H10N2S. The normalized spacial score (nSPS) is 12.3. The number of hydrogen-bond acceptors (Lipinski definition) is 3. The van der Waals surface area contributed by atoms with Gasteiger partial charge in [0.25, 0.3) is 0 Å². The molecule has 0 amide bonds. The minimum Gasteiger partial charge on any atom is -0.277 e. The van der Waals surface area contributed by atoms with E-state index in [4.69, 9.17) is 0 Å². The van der Waals surface area contributed by atoms with Crippen molar-refractivity contribution in [3.8, 4) is 0 Å². The van der Waals surface area contributed by atoms with Crippen molar-refractivity contribution in [3.63, 3.8) is 0 Å². The van der Waals surface area contributed by atoms with Gasteiger partial charge in [-0.3, -0.25) is 4.99 Å². The largest absolute Gasteiger partial charge is 0.277 e. The van der Waals surface area contributed by atoms with E-state index in [1.807, 2.05) is 32.2 Å². The summed E-state index contributed by atoms with van der Waals surface area (Å²) in [5, 5.41) is 2.19. The summed E-state index contributed by atoms with van der Waals surface area (Å²) >= 11 is 1.63. The molecule has 2 nitrogen and oxygen atoms in total. The van der Waals surface area contributed by atoms with Crippen LogP contribution in [0.25, 0.3) is 10.9 Å². The van der Waals surface area contributed by atoms with Crippen molar-refractivity contribution in [2.75, 3.05) is 7.05 Å². The molecule has 1 aromatic carbocycles. The van der Waals surface area contributed by atoms with Crippen LogP contribution < -0.4 is 4.67 Å². The average molecular weight is 190 g/mol. The van der Waals surface area contributed by atoms with Crippen molar-refractivity contribution < 1.29 is 0 Å². The minimum absolute atomic E-state index is 1.03. The molecule has 0 aliphatic heterocycles. The van der Waals surface area contributed by atoms with Gasteiger partial charge in [0.05, 0.1) is 10.5 Å². The third-order valence-electron chi connectivity index (χ3n) is 1.86. The lowest BCUT2D eigenvalue weighted by molar-refractivity contribution is 1.29. The van der Waals surface area contributed by atoms with Gasteiger partial charge in [0.1, 0.15) is 4.67 Å². The van der Waals surface area contributed by atoms with Crippen molar-refractivity contribution in [1.29, 1.82) is 0 Å². The third-order valence-corrected chi connectivity index (χ3v) is 2.84. The van der Waals surface area contributed by atoms with Crippen molar-refractivity contribution >= 4 is 22.2 Å². The maximum Gasteiger partial charge on any atom is 0.121 e. The molecule has 3 heteroatoms. The summed E-state index contributed by atoms with van der Waals surface area (Å²) < 4.78 is 1.06. The first-order chi connectivity index (χ1) is 6.31. The monoisotopic (exact) mass is 190 g/mol. The molecule has 0 N–H and O–H groups in total. The number of hydrogen-bond donors (Lipinski definition) is 0. The summed E-state index contributed by atoms with van der Waals surface area (Å²) in [6.07, 6.45) is 0. The summed E-state index contributed by atoms with van der Waals surface area (Å²) in [6, 6.07) is 8.09. The summed E-state index contributed by atoms with van der Waals surface area (Å²) in [4.78, 5) is 8.68. The Morgan fingerprint density at radius 3 is 2.85 bits per heavy atom. The molecule has 66 valence electrons. The molecule has 0 atom stereocenters. The van der Waals surface area contributed by atoms with Crippen LogP contribution in [0.3, 0.4) is 0 Å². The molecule has 2 aromatic rings. The molecule has 0 aliphatic carbocycles. The van der Waals surface area contributed by atoms with Gasteiger partial charge < -0.3 is 0 Å². The molecule has 0 aliphatic rings. The fourth-order valence-electron chi connectivity index (χ4n) is 1.31. The van der Waals surface area contributed by atoms with Crippen LogP contribution in [0.15, 0.2) is 29.3 Å². The second-order valence-corrected chi connectivity index (χ2v) is 3.96. The SMILES string of the molecule is CN=c1sc(C)nc2ccccc12. The Morgan fingerprint density at radius 1 is 1.31 bits per heavy atom. The van der Waals surface area contributed by atoms with Crippen LogP contribution in [0.1, 0.15) is 5.01 Å². The van der Waals surface area contributed by atoms with Crippen LogP contribution in [0.4, 0.5) is 0 Å². The topological polar surface area (TPSA) is 25.2 Å². The second-order valence-electron chi connectivity index (χ2n) is 2.78. The molecule has 1 aromatic heterocycles. The van der Waals surface area contributed by atoms with Crippen LogP contribution in [-0.2, 0) is 0 Å². The minimum atomic E-state index is 1.03. The van der Waals surface area contributed by atoms with Crippen molar-refractivity contribution in [2.24, 2.45) is 4.99 Å². The number of aryl methyl sites for hydroxylation is 1. The van der Waals surface area contributed by atoms with Gasteiger partial charge in [-0.2, -0.15) is 0 Å². The van der Waals surface area contributed by atoms with Crippen LogP contribution in [-0.4, -0.2) is 12.0 Å². The summed E-state index contributed by atoms with van der Waals surface area (Å²) in [6.45, 7) is 2.01. The lowest BCUT2D eigenvalue weighted by atomic mass is 10.2. The van der Waals surface area contributed by atoms with Crippen LogP contribution in [0.2, 0.25) is 0 Å². The maximum atomic E-state index is 4.44. The van der Waals surface area contributed by atoms with Gasteiger partial charge in [-0.05, 0) is 19.1 Å². The van der Waals surface area contributed by atoms with E-state index in [2.05, 4.69) is 16.0 Å². The zero-order valence-corrected chi connectivity index (χ0v) is 8.43. The van der Waals surface area contributed by atoms with Crippen LogP contribution in [0.5, 0.6) is 0 Å². The maximum absolute atomic E-state index is 4.44. The first kappa shape index (κ1) is 8.38. The van der Waals surface area contributed by atoms with E-state index in [0.717, 1.165) is 20.6 Å². The molecule has 2 rings (SSSR count). The van der Waals surface area contributed by atoms with Crippen LogP contribution >= 0.6 is 11.3 Å². The predicted octanol–water partition coefficient (Wildman–Crippen LogP) is 2.14. The fourth-order valence-corrected chi connectivity index (χ4v) is 2.10. The lowest BCUT2D eigenvalue weighted by Crippen LogP contribution is -2.00. The van der Waals surface area contributed by atoms with E-state index in [-0.39, 0.29) is 0 Å². The van der Waals surface area contributed by atoms with E-state index in [0.29, 0.717) is 0 Å². The molecular weight excluding hydrogens is 180 g/mol. The highest BCUT2D eigenvalue weighted by Gasteiger charge is 1.97. The summed E-state index contributed by atoms with van der Waals surface area (Å²) in [7, 11) is 1.82. The lowest BCUT2D eigenvalue weighted by Gasteiger charge is -1.97. The molecule has 0 spiro atoms. The zero-order valence-electron chi connectivity index (χ0n) is 7.61.